The molecule has 0 aromatic heterocycles. The summed E-state index contributed by atoms with van der Waals surface area (Å²) in [5.74, 6) is -0.522. The zero-order chi connectivity index (χ0) is 15.2. The Morgan fingerprint density at radius 3 is 2.76 bits per heavy atom. The van der Waals surface area contributed by atoms with Gasteiger partial charge in [0.05, 0.1) is 17.1 Å². The van der Waals surface area contributed by atoms with Crippen molar-refractivity contribution < 1.29 is 13.9 Å². The molecule has 0 unspecified atom stereocenters. The van der Waals surface area contributed by atoms with E-state index < -0.39 is 11.7 Å². The second kappa shape index (κ2) is 7.43. The number of halogens is 3. The molecule has 110 valence electrons. The lowest BCUT2D eigenvalue weighted by atomic mass is 10.2. The Hall–Kier alpha value is -1.59. The lowest BCUT2D eigenvalue weighted by molar-refractivity contribution is 0.0943. The second-order valence-corrected chi connectivity index (χ2v) is 5.48. The quantitative estimate of drug-likeness (QED) is 0.804. The molecule has 6 heteroatoms. The van der Waals surface area contributed by atoms with Gasteiger partial charge in [-0.05, 0) is 30.3 Å². The minimum absolute atomic E-state index is 0.0837. The molecule has 2 aromatic rings. The number of nitrogens with one attached hydrogen (secondary N) is 1. The van der Waals surface area contributed by atoms with Crippen molar-refractivity contribution >= 4 is 33.4 Å². The summed E-state index contributed by atoms with van der Waals surface area (Å²) in [5.41, 5.74) is -0.151. The first-order chi connectivity index (χ1) is 10.1. The zero-order valence-electron chi connectivity index (χ0n) is 10.9. The van der Waals surface area contributed by atoms with Gasteiger partial charge in [0.25, 0.3) is 5.91 Å². The summed E-state index contributed by atoms with van der Waals surface area (Å²) in [5, 5.41) is 2.65. The van der Waals surface area contributed by atoms with Crippen molar-refractivity contribution in [2.75, 3.05) is 13.2 Å². The molecular weight excluding hydrogens is 361 g/mol. The molecular formula is C15H12BrClFNO2. The Morgan fingerprint density at radius 2 is 2.05 bits per heavy atom. The van der Waals surface area contributed by atoms with Gasteiger partial charge < -0.3 is 10.1 Å². The summed E-state index contributed by atoms with van der Waals surface area (Å²) >= 11 is 9.15. The first-order valence-corrected chi connectivity index (χ1v) is 7.35. The van der Waals surface area contributed by atoms with Gasteiger partial charge in [0.15, 0.2) is 0 Å². The molecule has 3 nitrogen and oxygen atoms in total. The molecule has 0 atom stereocenters. The van der Waals surface area contributed by atoms with E-state index in [1.807, 2.05) is 18.2 Å². The van der Waals surface area contributed by atoms with E-state index >= 15 is 0 Å². The molecule has 2 aromatic carbocycles. The van der Waals surface area contributed by atoms with Gasteiger partial charge in [-0.3, -0.25) is 4.79 Å². The molecule has 2 rings (SSSR count). The number of rotatable bonds is 5. The van der Waals surface area contributed by atoms with Crippen molar-refractivity contribution in [2.24, 2.45) is 0 Å². The van der Waals surface area contributed by atoms with Gasteiger partial charge in [0, 0.05) is 4.47 Å². The van der Waals surface area contributed by atoms with Gasteiger partial charge in [0.1, 0.15) is 18.2 Å². The highest BCUT2D eigenvalue weighted by Crippen LogP contribution is 2.19. The number of benzene rings is 2. The normalized spacial score (nSPS) is 10.2. The van der Waals surface area contributed by atoms with Crippen LogP contribution in [0.5, 0.6) is 5.75 Å². The average molecular weight is 373 g/mol. The lowest BCUT2D eigenvalue weighted by Gasteiger charge is -2.09. The van der Waals surface area contributed by atoms with Gasteiger partial charge in [-0.25, -0.2) is 4.39 Å². The highest BCUT2D eigenvalue weighted by Gasteiger charge is 2.14. The number of carbonyl (C=O) groups is 1. The first-order valence-electron chi connectivity index (χ1n) is 6.18. The number of hydrogen-bond donors (Lipinski definition) is 1. The largest absolute Gasteiger partial charge is 0.492 e. The SMILES string of the molecule is O=C(NCCOc1cccc(Br)c1)c1c(F)cccc1Cl. The molecule has 1 amide bonds. The van der Waals surface area contributed by atoms with Crippen LogP contribution in [0.15, 0.2) is 46.9 Å². The maximum absolute atomic E-state index is 13.5. The van der Waals surface area contributed by atoms with Crippen LogP contribution in [-0.4, -0.2) is 19.1 Å². The number of amides is 1. The van der Waals surface area contributed by atoms with E-state index in [1.54, 1.807) is 6.07 Å². The van der Waals surface area contributed by atoms with E-state index in [0.29, 0.717) is 5.75 Å². The highest BCUT2D eigenvalue weighted by molar-refractivity contribution is 9.10. The summed E-state index contributed by atoms with van der Waals surface area (Å²) < 4.78 is 19.9. The van der Waals surface area contributed by atoms with E-state index in [1.165, 1.54) is 18.2 Å². The van der Waals surface area contributed by atoms with Gasteiger partial charge in [0.2, 0.25) is 0 Å². The van der Waals surface area contributed by atoms with E-state index in [2.05, 4.69) is 21.2 Å². The van der Waals surface area contributed by atoms with Crippen LogP contribution in [0.4, 0.5) is 4.39 Å². The van der Waals surface area contributed by atoms with Crippen LogP contribution in [0.25, 0.3) is 0 Å². The maximum atomic E-state index is 13.5. The standard InChI is InChI=1S/C15H12BrClFNO2/c16-10-3-1-4-11(9-10)21-8-7-19-15(20)14-12(17)5-2-6-13(14)18/h1-6,9H,7-8H2,(H,19,20). The fourth-order valence-electron chi connectivity index (χ4n) is 1.69. The minimum Gasteiger partial charge on any atom is -0.492 e. The predicted octanol–water partition coefficient (Wildman–Crippen LogP) is 4.05. The highest BCUT2D eigenvalue weighted by atomic mass is 79.9. The number of hydrogen-bond acceptors (Lipinski definition) is 2. The molecule has 0 aliphatic heterocycles. The third kappa shape index (κ3) is 4.44. The van der Waals surface area contributed by atoms with Crippen molar-refractivity contribution in [1.82, 2.24) is 5.32 Å². The molecule has 0 aliphatic rings. The van der Waals surface area contributed by atoms with Gasteiger partial charge in [-0.2, -0.15) is 0 Å². The van der Waals surface area contributed by atoms with E-state index in [-0.39, 0.29) is 23.7 Å². The van der Waals surface area contributed by atoms with Crippen LogP contribution >= 0.6 is 27.5 Å². The summed E-state index contributed by atoms with van der Waals surface area (Å²) in [6.45, 7) is 0.518. The summed E-state index contributed by atoms with van der Waals surface area (Å²) in [4.78, 5) is 11.9. The van der Waals surface area contributed by atoms with Crippen LogP contribution in [0.1, 0.15) is 10.4 Å². The third-order valence-corrected chi connectivity index (χ3v) is 3.45. The van der Waals surface area contributed by atoms with Gasteiger partial charge >= 0.3 is 0 Å². The van der Waals surface area contributed by atoms with Crippen LogP contribution in [0.3, 0.4) is 0 Å². The molecule has 0 heterocycles. The Kier molecular flexibility index (Phi) is 5.59. The Labute approximate surface area is 135 Å². The molecule has 0 spiro atoms. The molecule has 21 heavy (non-hydrogen) atoms. The number of ether oxygens (including phenoxy) is 1. The zero-order valence-corrected chi connectivity index (χ0v) is 13.2. The predicted molar refractivity (Wildman–Crippen MR) is 83.4 cm³/mol. The molecule has 0 fully saturated rings. The Morgan fingerprint density at radius 1 is 1.29 bits per heavy atom. The fraction of sp³-hybridized carbons (Fsp3) is 0.133. The summed E-state index contributed by atoms with van der Waals surface area (Å²) in [7, 11) is 0. The van der Waals surface area contributed by atoms with Crippen LogP contribution < -0.4 is 10.1 Å². The molecule has 0 bridgehead atoms. The van der Waals surface area contributed by atoms with Crippen LogP contribution in [0, 0.1) is 5.82 Å². The molecule has 0 radical (unpaired) electrons. The summed E-state index contributed by atoms with van der Waals surface area (Å²) in [6, 6.07) is 11.5. The molecule has 0 saturated carbocycles. The minimum atomic E-state index is -0.645. The average Bonchev–Trinajstić information content (AvgIpc) is 2.43. The second-order valence-electron chi connectivity index (χ2n) is 4.16. The van der Waals surface area contributed by atoms with Gasteiger partial charge in [-0.15, -0.1) is 0 Å². The van der Waals surface area contributed by atoms with E-state index in [4.69, 9.17) is 16.3 Å². The molecule has 1 N–H and O–H groups in total. The van der Waals surface area contributed by atoms with Crippen LogP contribution in [-0.2, 0) is 0 Å². The van der Waals surface area contributed by atoms with Crippen molar-refractivity contribution in [1.29, 1.82) is 0 Å². The maximum Gasteiger partial charge on any atom is 0.255 e. The molecule has 0 aliphatic carbocycles. The monoisotopic (exact) mass is 371 g/mol. The first kappa shape index (κ1) is 15.8. The third-order valence-electron chi connectivity index (χ3n) is 2.64. The summed E-state index contributed by atoms with van der Waals surface area (Å²) in [6.07, 6.45) is 0. The Bertz CT molecular complexity index is 631. The lowest BCUT2D eigenvalue weighted by Crippen LogP contribution is -2.29. The topological polar surface area (TPSA) is 38.3 Å². The van der Waals surface area contributed by atoms with Crippen LogP contribution in [0.2, 0.25) is 5.02 Å². The van der Waals surface area contributed by atoms with E-state index in [9.17, 15) is 9.18 Å². The fourth-order valence-corrected chi connectivity index (χ4v) is 2.32. The number of carbonyl (C=O) groups excluding carboxylic acids is 1. The van der Waals surface area contributed by atoms with Crippen molar-refractivity contribution in [3.63, 3.8) is 0 Å². The smallest absolute Gasteiger partial charge is 0.255 e. The molecule has 0 saturated heterocycles. The van der Waals surface area contributed by atoms with Crippen molar-refractivity contribution in [2.45, 2.75) is 0 Å². The van der Waals surface area contributed by atoms with Gasteiger partial charge in [-0.1, -0.05) is 39.7 Å². The van der Waals surface area contributed by atoms with Crippen molar-refractivity contribution in [3.05, 3.63) is 63.3 Å². The van der Waals surface area contributed by atoms with Crippen molar-refractivity contribution in [3.8, 4) is 5.75 Å². The Balaban J connectivity index is 1.85. The van der Waals surface area contributed by atoms with E-state index in [0.717, 1.165) is 4.47 Å².